The van der Waals surface area contributed by atoms with Crippen LogP contribution in [-0.2, 0) is 14.3 Å². The van der Waals surface area contributed by atoms with Crippen molar-refractivity contribution >= 4 is 11.9 Å². The summed E-state index contributed by atoms with van der Waals surface area (Å²) in [5.41, 5.74) is 0. The van der Waals surface area contributed by atoms with E-state index in [2.05, 4.69) is 19.2 Å². The van der Waals surface area contributed by atoms with Gasteiger partial charge in [-0.25, -0.2) is 0 Å². The van der Waals surface area contributed by atoms with Crippen LogP contribution in [0.1, 0.15) is 232 Å². The van der Waals surface area contributed by atoms with Crippen molar-refractivity contribution in [2.45, 2.75) is 232 Å². The van der Waals surface area contributed by atoms with Gasteiger partial charge in [0.1, 0.15) is 6.61 Å². The van der Waals surface area contributed by atoms with Crippen LogP contribution in [0.2, 0.25) is 0 Å². The Labute approximate surface area is 276 Å². The molecule has 0 aliphatic carbocycles. The minimum atomic E-state index is -0.123. The Morgan fingerprint density at radius 2 is 0.659 bits per heavy atom. The molecule has 262 valence electrons. The van der Waals surface area contributed by atoms with Crippen molar-refractivity contribution < 1.29 is 14.3 Å². The molecule has 0 aliphatic heterocycles. The lowest BCUT2D eigenvalue weighted by atomic mass is 10.0. The monoisotopic (exact) mass is 622 g/mol. The van der Waals surface area contributed by atoms with Crippen molar-refractivity contribution in [3.05, 3.63) is 0 Å². The number of hydrogen-bond donors (Lipinski definition) is 1. The molecule has 1 N–H and O–H groups in total. The number of esters is 1. The van der Waals surface area contributed by atoms with Gasteiger partial charge >= 0.3 is 5.97 Å². The van der Waals surface area contributed by atoms with Gasteiger partial charge in [0.25, 0.3) is 0 Å². The van der Waals surface area contributed by atoms with E-state index in [-0.39, 0.29) is 11.9 Å². The molecule has 0 heterocycles. The SMILES string of the molecule is CCCCCCCCCCCCCCCCCCC(=O)NCCOC(=O)CCCCCCCCCCCCCCCCCC. The fourth-order valence-corrected chi connectivity index (χ4v) is 6.17. The first-order valence-electron chi connectivity index (χ1n) is 20.1. The standard InChI is InChI=1S/C40H79NO3/c1-3-5-7-9-11-13-15-17-19-21-23-25-27-29-31-33-35-39(42)41-37-38-44-40(43)36-34-32-30-28-26-24-22-20-18-16-14-12-10-8-6-4-2/h3-38H2,1-2H3,(H,41,42). The van der Waals surface area contributed by atoms with Crippen LogP contribution in [0.3, 0.4) is 0 Å². The average molecular weight is 622 g/mol. The molecular formula is C40H79NO3. The molecule has 0 fully saturated rings. The Morgan fingerprint density at radius 1 is 0.386 bits per heavy atom. The molecule has 1 amide bonds. The lowest BCUT2D eigenvalue weighted by Crippen LogP contribution is -2.27. The van der Waals surface area contributed by atoms with E-state index >= 15 is 0 Å². The first-order valence-corrected chi connectivity index (χ1v) is 20.1. The van der Waals surface area contributed by atoms with Crippen LogP contribution < -0.4 is 5.32 Å². The molecule has 0 rings (SSSR count). The number of hydrogen-bond acceptors (Lipinski definition) is 3. The van der Waals surface area contributed by atoms with Gasteiger partial charge in [-0.15, -0.1) is 0 Å². The lowest BCUT2D eigenvalue weighted by Gasteiger charge is -2.07. The maximum atomic E-state index is 12.0. The Kier molecular flexibility index (Phi) is 37.2. The van der Waals surface area contributed by atoms with E-state index in [0.717, 1.165) is 25.7 Å². The summed E-state index contributed by atoms with van der Waals surface area (Å²) in [5, 5.41) is 2.90. The van der Waals surface area contributed by atoms with Gasteiger partial charge in [-0.2, -0.15) is 0 Å². The van der Waals surface area contributed by atoms with Gasteiger partial charge < -0.3 is 10.1 Å². The third-order valence-electron chi connectivity index (χ3n) is 9.18. The van der Waals surface area contributed by atoms with Gasteiger partial charge in [0.15, 0.2) is 0 Å². The Balaban J connectivity index is 3.25. The average Bonchev–Trinajstić information content (AvgIpc) is 3.02. The van der Waals surface area contributed by atoms with E-state index in [1.54, 1.807) is 0 Å². The summed E-state index contributed by atoms with van der Waals surface area (Å²) in [5.74, 6) is -0.0355. The topological polar surface area (TPSA) is 55.4 Å². The first-order chi connectivity index (χ1) is 21.7. The molecule has 0 spiro atoms. The predicted molar refractivity (Wildman–Crippen MR) is 192 cm³/mol. The second kappa shape index (κ2) is 38.1. The highest BCUT2D eigenvalue weighted by molar-refractivity contribution is 5.75. The molecule has 0 radical (unpaired) electrons. The van der Waals surface area contributed by atoms with Gasteiger partial charge in [0, 0.05) is 12.8 Å². The Hall–Kier alpha value is -1.06. The van der Waals surface area contributed by atoms with Gasteiger partial charge in [0.2, 0.25) is 5.91 Å². The van der Waals surface area contributed by atoms with E-state index in [0.29, 0.717) is 26.0 Å². The minimum Gasteiger partial charge on any atom is -0.464 e. The third-order valence-corrected chi connectivity index (χ3v) is 9.18. The molecule has 0 unspecified atom stereocenters. The van der Waals surface area contributed by atoms with Crippen LogP contribution in [0.25, 0.3) is 0 Å². The number of unbranched alkanes of at least 4 members (excludes halogenated alkanes) is 30. The number of carbonyl (C=O) groups is 2. The van der Waals surface area contributed by atoms with Gasteiger partial charge in [-0.3, -0.25) is 9.59 Å². The zero-order chi connectivity index (χ0) is 32.0. The second-order valence-electron chi connectivity index (χ2n) is 13.7. The number of rotatable bonds is 37. The van der Waals surface area contributed by atoms with E-state index < -0.39 is 0 Å². The van der Waals surface area contributed by atoms with Gasteiger partial charge in [-0.05, 0) is 12.8 Å². The molecule has 0 atom stereocenters. The highest BCUT2D eigenvalue weighted by atomic mass is 16.5. The van der Waals surface area contributed by atoms with E-state index in [1.165, 1.54) is 180 Å². The van der Waals surface area contributed by atoms with Crippen LogP contribution in [0.5, 0.6) is 0 Å². The largest absolute Gasteiger partial charge is 0.464 e. The lowest BCUT2D eigenvalue weighted by molar-refractivity contribution is -0.144. The van der Waals surface area contributed by atoms with Crippen molar-refractivity contribution in [3.63, 3.8) is 0 Å². The van der Waals surface area contributed by atoms with Crippen molar-refractivity contribution in [2.24, 2.45) is 0 Å². The molecule has 4 nitrogen and oxygen atoms in total. The van der Waals surface area contributed by atoms with E-state index in [4.69, 9.17) is 4.74 Å². The van der Waals surface area contributed by atoms with Crippen LogP contribution in [0.4, 0.5) is 0 Å². The summed E-state index contributed by atoms with van der Waals surface area (Å²) in [6, 6.07) is 0. The first kappa shape index (κ1) is 42.9. The Bertz CT molecular complexity index is 529. The van der Waals surface area contributed by atoms with Crippen molar-refractivity contribution in [2.75, 3.05) is 13.2 Å². The number of amides is 1. The zero-order valence-corrected chi connectivity index (χ0v) is 30.2. The van der Waals surface area contributed by atoms with Gasteiger partial charge in [0.05, 0.1) is 6.54 Å². The summed E-state index contributed by atoms with van der Waals surface area (Å²) in [7, 11) is 0. The fourth-order valence-electron chi connectivity index (χ4n) is 6.17. The quantitative estimate of drug-likeness (QED) is 0.0554. The molecule has 0 aromatic heterocycles. The third kappa shape index (κ3) is 37.1. The minimum absolute atomic E-state index is 0.0872. The summed E-state index contributed by atoms with van der Waals surface area (Å²) in [4.78, 5) is 24.0. The summed E-state index contributed by atoms with van der Waals surface area (Å²) >= 11 is 0. The van der Waals surface area contributed by atoms with Crippen molar-refractivity contribution in [1.82, 2.24) is 5.32 Å². The molecule has 0 saturated carbocycles. The highest BCUT2D eigenvalue weighted by Crippen LogP contribution is 2.15. The van der Waals surface area contributed by atoms with E-state index in [9.17, 15) is 9.59 Å². The van der Waals surface area contributed by atoms with Gasteiger partial charge in [-0.1, -0.05) is 206 Å². The summed E-state index contributed by atoms with van der Waals surface area (Å²) < 4.78 is 5.30. The molecule has 0 aliphatic rings. The summed E-state index contributed by atoms with van der Waals surface area (Å²) in [6.45, 7) is 5.29. The number of nitrogens with one attached hydrogen (secondary N) is 1. The van der Waals surface area contributed by atoms with Crippen LogP contribution in [0, 0.1) is 0 Å². The maximum Gasteiger partial charge on any atom is 0.305 e. The second-order valence-corrected chi connectivity index (χ2v) is 13.7. The summed E-state index contributed by atoms with van der Waals surface area (Å²) in [6.07, 6.45) is 43.9. The van der Waals surface area contributed by atoms with Crippen molar-refractivity contribution in [1.29, 1.82) is 0 Å². The normalized spacial score (nSPS) is 11.2. The van der Waals surface area contributed by atoms with Crippen LogP contribution in [0.15, 0.2) is 0 Å². The number of carbonyl (C=O) groups excluding carboxylic acids is 2. The predicted octanol–water partition coefficient (Wildman–Crippen LogP) is 12.9. The molecule has 0 aromatic carbocycles. The number of ether oxygens (including phenoxy) is 1. The molecule has 0 aromatic rings. The maximum absolute atomic E-state index is 12.0. The fraction of sp³-hybridized carbons (Fsp3) is 0.950. The molecule has 0 bridgehead atoms. The highest BCUT2D eigenvalue weighted by Gasteiger charge is 2.05. The molecule has 0 saturated heterocycles. The molecule has 44 heavy (non-hydrogen) atoms. The molecule has 4 heteroatoms. The zero-order valence-electron chi connectivity index (χ0n) is 30.2. The van der Waals surface area contributed by atoms with Crippen LogP contribution in [-0.4, -0.2) is 25.0 Å². The van der Waals surface area contributed by atoms with E-state index in [1.807, 2.05) is 0 Å². The smallest absolute Gasteiger partial charge is 0.305 e. The van der Waals surface area contributed by atoms with Crippen molar-refractivity contribution in [3.8, 4) is 0 Å². The van der Waals surface area contributed by atoms with Crippen LogP contribution >= 0.6 is 0 Å². The Morgan fingerprint density at radius 3 is 0.977 bits per heavy atom. The molecular weight excluding hydrogens is 542 g/mol.